The predicted octanol–water partition coefficient (Wildman–Crippen LogP) is 3.40. The Bertz CT molecular complexity index is 1560. The molecular formula is C26H23N3O8S. The van der Waals surface area contributed by atoms with Crippen LogP contribution in [0.3, 0.4) is 0 Å². The van der Waals surface area contributed by atoms with Crippen molar-refractivity contribution < 1.29 is 32.5 Å². The van der Waals surface area contributed by atoms with Gasteiger partial charge in [-0.25, -0.2) is 13.1 Å². The summed E-state index contributed by atoms with van der Waals surface area (Å²) in [6.07, 6.45) is -1.57. The number of imide groups is 1. The van der Waals surface area contributed by atoms with E-state index in [-0.39, 0.29) is 38.4 Å². The summed E-state index contributed by atoms with van der Waals surface area (Å²) < 4.78 is 33.8. The second-order valence-electron chi connectivity index (χ2n) is 9.58. The van der Waals surface area contributed by atoms with Crippen LogP contribution >= 0.6 is 0 Å². The standard InChI is InChI=1S/C26H23N3O8S/c1-26(2,3)16-6-11-19(12-7-16)38(35,36)28-25(32)22(15-4-8-17(9-5-15)29(33)34)37-18-10-13-20-21(14-18)24(31)27-23(20)30/h4-14,22H,1-3H3,(H,28,32)(H,27,30,31). The molecule has 0 saturated heterocycles. The van der Waals surface area contributed by atoms with Crippen molar-refractivity contribution in [1.82, 2.24) is 10.0 Å². The number of nitro benzene ring substituents is 1. The molecule has 0 fully saturated rings. The van der Waals surface area contributed by atoms with Gasteiger partial charge < -0.3 is 4.74 Å². The average Bonchev–Trinajstić information content (AvgIpc) is 3.14. The van der Waals surface area contributed by atoms with Crippen LogP contribution in [0.5, 0.6) is 5.75 Å². The number of hydrogen-bond donors (Lipinski definition) is 2. The van der Waals surface area contributed by atoms with Crippen LogP contribution in [0.25, 0.3) is 0 Å². The molecule has 196 valence electrons. The molecule has 2 N–H and O–H groups in total. The van der Waals surface area contributed by atoms with Crippen molar-refractivity contribution in [2.75, 3.05) is 0 Å². The molecule has 1 heterocycles. The fourth-order valence-electron chi connectivity index (χ4n) is 3.78. The normalized spacial score (nSPS) is 13.9. The van der Waals surface area contributed by atoms with E-state index in [4.69, 9.17) is 4.74 Å². The number of rotatable bonds is 7. The van der Waals surface area contributed by atoms with Crippen molar-refractivity contribution in [1.29, 1.82) is 0 Å². The Morgan fingerprint density at radius 2 is 1.55 bits per heavy atom. The minimum atomic E-state index is -4.31. The van der Waals surface area contributed by atoms with Crippen LogP contribution in [-0.4, -0.2) is 31.1 Å². The van der Waals surface area contributed by atoms with Crippen molar-refractivity contribution in [2.45, 2.75) is 37.2 Å². The van der Waals surface area contributed by atoms with Gasteiger partial charge in [-0.1, -0.05) is 32.9 Å². The van der Waals surface area contributed by atoms with E-state index in [1.54, 1.807) is 12.1 Å². The van der Waals surface area contributed by atoms with Gasteiger partial charge in [0.2, 0.25) is 6.10 Å². The Morgan fingerprint density at radius 1 is 0.947 bits per heavy atom. The average molecular weight is 538 g/mol. The molecule has 12 heteroatoms. The Balaban J connectivity index is 1.66. The molecule has 0 spiro atoms. The molecule has 0 saturated carbocycles. The van der Waals surface area contributed by atoms with Crippen LogP contribution < -0.4 is 14.8 Å². The maximum Gasteiger partial charge on any atom is 0.279 e. The lowest BCUT2D eigenvalue weighted by molar-refractivity contribution is -0.384. The number of amides is 3. The van der Waals surface area contributed by atoms with Crippen molar-refractivity contribution in [3.05, 3.63) is 99.1 Å². The van der Waals surface area contributed by atoms with Gasteiger partial charge in [0, 0.05) is 17.7 Å². The summed E-state index contributed by atoms with van der Waals surface area (Å²) in [5, 5.41) is 13.2. The lowest BCUT2D eigenvalue weighted by atomic mass is 9.87. The molecule has 4 rings (SSSR count). The van der Waals surface area contributed by atoms with E-state index < -0.39 is 38.8 Å². The summed E-state index contributed by atoms with van der Waals surface area (Å²) in [6, 6.07) is 14.8. The minimum Gasteiger partial charge on any atom is -0.476 e. The molecular weight excluding hydrogens is 514 g/mol. The second kappa shape index (κ2) is 9.71. The SMILES string of the molecule is CC(C)(C)c1ccc(S(=O)(=O)NC(=O)C(Oc2ccc3c(c2)C(=O)NC3=O)c2ccc([N+](=O)[O-])cc2)cc1. The lowest BCUT2D eigenvalue weighted by Gasteiger charge is -2.20. The largest absolute Gasteiger partial charge is 0.476 e. The van der Waals surface area contributed by atoms with E-state index in [0.717, 1.165) is 17.7 Å². The molecule has 38 heavy (non-hydrogen) atoms. The van der Waals surface area contributed by atoms with E-state index in [1.165, 1.54) is 42.5 Å². The summed E-state index contributed by atoms with van der Waals surface area (Å²) in [4.78, 5) is 47.4. The second-order valence-corrected chi connectivity index (χ2v) is 11.3. The molecule has 0 aliphatic carbocycles. The first-order valence-corrected chi connectivity index (χ1v) is 12.8. The van der Waals surface area contributed by atoms with Crippen molar-refractivity contribution in [3.63, 3.8) is 0 Å². The number of non-ortho nitro benzene ring substituents is 1. The first-order chi connectivity index (χ1) is 17.8. The van der Waals surface area contributed by atoms with Crippen LogP contribution in [0.2, 0.25) is 0 Å². The monoisotopic (exact) mass is 537 g/mol. The zero-order chi connectivity index (χ0) is 27.8. The van der Waals surface area contributed by atoms with Crippen LogP contribution in [0.1, 0.15) is 58.7 Å². The number of sulfonamides is 1. The smallest absolute Gasteiger partial charge is 0.279 e. The minimum absolute atomic E-state index is 0.000897. The van der Waals surface area contributed by atoms with E-state index in [0.29, 0.717) is 0 Å². The number of ether oxygens (including phenoxy) is 1. The molecule has 3 aromatic carbocycles. The summed E-state index contributed by atoms with van der Waals surface area (Å²) in [5.74, 6) is -2.29. The van der Waals surface area contributed by atoms with E-state index in [2.05, 4.69) is 5.32 Å². The highest BCUT2D eigenvalue weighted by molar-refractivity contribution is 7.90. The fraction of sp³-hybridized carbons (Fsp3) is 0.192. The highest BCUT2D eigenvalue weighted by atomic mass is 32.2. The molecule has 1 unspecified atom stereocenters. The molecule has 0 bridgehead atoms. The summed E-state index contributed by atoms with van der Waals surface area (Å²) in [6.45, 7) is 5.93. The number of nitrogens with zero attached hydrogens (tertiary/aromatic N) is 1. The summed E-state index contributed by atoms with van der Waals surface area (Å²) >= 11 is 0. The number of nitro groups is 1. The van der Waals surface area contributed by atoms with E-state index in [9.17, 15) is 32.9 Å². The molecule has 1 atom stereocenters. The van der Waals surface area contributed by atoms with Gasteiger partial charge in [-0.15, -0.1) is 0 Å². The topological polar surface area (TPSA) is 162 Å². The maximum absolute atomic E-state index is 13.2. The van der Waals surface area contributed by atoms with Gasteiger partial charge in [-0.2, -0.15) is 0 Å². The number of hydrogen-bond acceptors (Lipinski definition) is 8. The maximum atomic E-state index is 13.2. The van der Waals surface area contributed by atoms with Gasteiger partial charge in [0.1, 0.15) is 5.75 Å². The van der Waals surface area contributed by atoms with Crippen LogP contribution in [0.4, 0.5) is 5.69 Å². The van der Waals surface area contributed by atoms with Crippen molar-refractivity contribution in [2.24, 2.45) is 0 Å². The van der Waals surface area contributed by atoms with Gasteiger partial charge in [0.25, 0.3) is 33.4 Å². The highest BCUT2D eigenvalue weighted by Crippen LogP contribution is 2.29. The Kier molecular flexibility index (Phi) is 6.77. The third-order valence-corrected chi connectivity index (χ3v) is 7.23. The quantitative estimate of drug-likeness (QED) is 0.263. The molecule has 3 amide bonds. The van der Waals surface area contributed by atoms with Gasteiger partial charge in [0.15, 0.2) is 0 Å². The zero-order valence-corrected chi connectivity index (χ0v) is 21.4. The molecule has 0 radical (unpaired) electrons. The number of fused-ring (bicyclic) bond motifs is 1. The lowest BCUT2D eigenvalue weighted by Crippen LogP contribution is -2.37. The summed E-state index contributed by atoms with van der Waals surface area (Å²) in [5.41, 5.74) is 0.716. The van der Waals surface area contributed by atoms with E-state index in [1.807, 2.05) is 25.5 Å². The zero-order valence-electron chi connectivity index (χ0n) is 20.5. The molecule has 0 aromatic heterocycles. The van der Waals surface area contributed by atoms with E-state index >= 15 is 0 Å². The first kappa shape index (κ1) is 26.5. The summed E-state index contributed by atoms with van der Waals surface area (Å²) in [7, 11) is -4.31. The van der Waals surface area contributed by atoms with Gasteiger partial charge in [0.05, 0.1) is 20.9 Å². The molecule has 3 aromatic rings. The van der Waals surface area contributed by atoms with Gasteiger partial charge in [-0.3, -0.25) is 29.8 Å². The third-order valence-electron chi connectivity index (χ3n) is 5.87. The Hall–Kier alpha value is -4.58. The molecule has 1 aliphatic heterocycles. The highest BCUT2D eigenvalue weighted by Gasteiger charge is 2.31. The Labute approximate surface area is 218 Å². The van der Waals surface area contributed by atoms with Gasteiger partial charge >= 0.3 is 0 Å². The van der Waals surface area contributed by atoms with Crippen molar-refractivity contribution in [3.8, 4) is 5.75 Å². The molecule has 1 aliphatic rings. The fourth-order valence-corrected chi connectivity index (χ4v) is 4.76. The number of carbonyl (C=O) groups excluding carboxylic acids is 3. The van der Waals surface area contributed by atoms with Crippen LogP contribution in [-0.2, 0) is 20.2 Å². The Morgan fingerprint density at radius 3 is 2.13 bits per heavy atom. The van der Waals surface area contributed by atoms with Crippen LogP contribution in [0, 0.1) is 10.1 Å². The van der Waals surface area contributed by atoms with Gasteiger partial charge in [-0.05, 0) is 53.4 Å². The number of carbonyl (C=O) groups is 3. The van der Waals surface area contributed by atoms with Crippen molar-refractivity contribution >= 4 is 33.4 Å². The third kappa shape index (κ3) is 5.39. The number of benzene rings is 3. The predicted molar refractivity (Wildman–Crippen MR) is 135 cm³/mol. The molecule has 11 nitrogen and oxygen atoms in total. The number of nitrogens with one attached hydrogen (secondary N) is 2. The first-order valence-electron chi connectivity index (χ1n) is 11.3. The van der Waals surface area contributed by atoms with Crippen LogP contribution in [0.15, 0.2) is 71.6 Å².